The van der Waals surface area contributed by atoms with Gasteiger partial charge >= 0.3 is 0 Å². The lowest BCUT2D eigenvalue weighted by Gasteiger charge is -2.29. The van der Waals surface area contributed by atoms with Crippen LogP contribution in [0.15, 0.2) is 6.20 Å². The molecule has 3 rings (SSSR count). The van der Waals surface area contributed by atoms with Crippen LogP contribution in [-0.2, 0) is 0 Å². The number of hydrogen-bond donors (Lipinski definition) is 1. The highest BCUT2D eigenvalue weighted by Gasteiger charge is 2.41. The fourth-order valence-corrected chi connectivity index (χ4v) is 3.90. The van der Waals surface area contributed by atoms with E-state index in [-0.39, 0.29) is 0 Å². The van der Waals surface area contributed by atoms with Gasteiger partial charge in [0.15, 0.2) is 0 Å². The van der Waals surface area contributed by atoms with Crippen molar-refractivity contribution in [3.63, 3.8) is 0 Å². The molecule has 0 amide bonds. The SMILES string of the molecule is Cc1cnc(C)c(N[C@H](C)[C@@H]2C[C@@H]3CC[C@@H]2C3)n1. The molecule has 0 aromatic carbocycles. The zero-order valence-corrected chi connectivity index (χ0v) is 11.6. The number of aryl methyl sites for hydroxylation is 2. The van der Waals surface area contributed by atoms with Crippen LogP contribution in [0.25, 0.3) is 0 Å². The predicted molar refractivity (Wildman–Crippen MR) is 73.5 cm³/mol. The van der Waals surface area contributed by atoms with E-state index >= 15 is 0 Å². The van der Waals surface area contributed by atoms with E-state index in [4.69, 9.17) is 0 Å². The Morgan fingerprint density at radius 2 is 2.11 bits per heavy atom. The maximum Gasteiger partial charge on any atom is 0.147 e. The second-order valence-corrected chi connectivity index (χ2v) is 6.22. The Hall–Kier alpha value is -1.12. The van der Waals surface area contributed by atoms with Crippen molar-refractivity contribution >= 4 is 5.82 Å². The van der Waals surface area contributed by atoms with Crippen molar-refractivity contribution in [1.82, 2.24) is 9.97 Å². The van der Waals surface area contributed by atoms with E-state index in [2.05, 4.69) is 22.2 Å². The molecule has 18 heavy (non-hydrogen) atoms. The molecule has 1 aromatic rings. The second kappa shape index (κ2) is 4.52. The van der Waals surface area contributed by atoms with Crippen LogP contribution in [0.5, 0.6) is 0 Å². The highest BCUT2D eigenvalue weighted by Crippen LogP contribution is 2.49. The number of hydrogen-bond acceptors (Lipinski definition) is 3. The summed E-state index contributed by atoms with van der Waals surface area (Å²) in [5.74, 6) is 3.78. The molecule has 3 nitrogen and oxygen atoms in total. The van der Waals surface area contributed by atoms with E-state index in [1.165, 1.54) is 25.7 Å². The summed E-state index contributed by atoms with van der Waals surface area (Å²) in [4.78, 5) is 8.95. The van der Waals surface area contributed by atoms with Crippen LogP contribution in [0.3, 0.4) is 0 Å². The standard InChI is InChI=1S/C15H23N3/c1-9-8-16-11(3)15(17-9)18-10(2)14-7-12-4-5-13(14)6-12/h8,10,12-14H,4-7H2,1-3H3,(H,17,18)/t10-,12-,13-,14+/m1/s1. The molecule has 2 aliphatic carbocycles. The van der Waals surface area contributed by atoms with Gasteiger partial charge in [-0.3, -0.25) is 4.98 Å². The summed E-state index contributed by atoms with van der Waals surface area (Å²) in [6, 6.07) is 0.523. The van der Waals surface area contributed by atoms with Gasteiger partial charge in [0.1, 0.15) is 5.82 Å². The average molecular weight is 245 g/mol. The molecule has 2 aliphatic rings. The van der Waals surface area contributed by atoms with Crippen molar-refractivity contribution < 1.29 is 0 Å². The normalized spacial score (nSPS) is 31.6. The summed E-state index contributed by atoms with van der Waals surface area (Å²) in [6.07, 6.45) is 7.63. The summed E-state index contributed by atoms with van der Waals surface area (Å²) in [7, 11) is 0. The Labute approximate surface area is 109 Å². The van der Waals surface area contributed by atoms with Crippen molar-refractivity contribution in [1.29, 1.82) is 0 Å². The van der Waals surface area contributed by atoms with Crippen molar-refractivity contribution in [2.75, 3.05) is 5.32 Å². The third-order valence-corrected chi connectivity index (χ3v) is 4.88. The number of nitrogens with zero attached hydrogens (tertiary/aromatic N) is 2. The molecule has 1 aromatic heterocycles. The molecule has 4 atom stereocenters. The summed E-state index contributed by atoms with van der Waals surface area (Å²) in [6.45, 7) is 6.34. The molecule has 2 saturated carbocycles. The molecule has 0 unspecified atom stereocenters. The van der Waals surface area contributed by atoms with E-state index in [1.54, 1.807) is 0 Å². The first-order valence-corrected chi connectivity index (χ1v) is 7.20. The summed E-state index contributed by atoms with van der Waals surface area (Å²) in [5, 5.41) is 3.60. The van der Waals surface area contributed by atoms with E-state index in [0.717, 1.165) is 35.0 Å². The summed E-state index contributed by atoms with van der Waals surface area (Å²) in [5.41, 5.74) is 2.00. The number of anilines is 1. The van der Waals surface area contributed by atoms with Crippen molar-refractivity contribution in [3.8, 4) is 0 Å². The maximum atomic E-state index is 4.57. The maximum absolute atomic E-state index is 4.57. The monoisotopic (exact) mass is 245 g/mol. The summed E-state index contributed by atoms with van der Waals surface area (Å²) >= 11 is 0. The topological polar surface area (TPSA) is 37.8 Å². The van der Waals surface area contributed by atoms with Gasteiger partial charge in [-0.15, -0.1) is 0 Å². The predicted octanol–water partition coefficient (Wildman–Crippen LogP) is 3.33. The van der Waals surface area contributed by atoms with Crippen molar-refractivity contribution in [2.24, 2.45) is 17.8 Å². The Balaban J connectivity index is 1.70. The molecular weight excluding hydrogens is 222 g/mol. The highest BCUT2D eigenvalue weighted by atomic mass is 15.0. The van der Waals surface area contributed by atoms with Gasteiger partial charge in [0.25, 0.3) is 0 Å². The Bertz CT molecular complexity index is 443. The number of nitrogens with one attached hydrogen (secondary N) is 1. The zero-order valence-electron chi connectivity index (χ0n) is 11.6. The summed E-state index contributed by atoms with van der Waals surface area (Å²) < 4.78 is 0. The van der Waals surface area contributed by atoms with E-state index in [0.29, 0.717) is 6.04 Å². The van der Waals surface area contributed by atoms with Crippen LogP contribution >= 0.6 is 0 Å². The molecule has 0 aliphatic heterocycles. The van der Waals surface area contributed by atoms with Crippen LogP contribution in [0, 0.1) is 31.6 Å². The average Bonchev–Trinajstić information content (AvgIpc) is 2.96. The number of rotatable bonds is 3. The van der Waals surface area contributed by atoms with E-state index in [9.17, 15) is 0 Å². The number of aromatic nitrogens is 2. The lowest BCUT2D eigenvalue weighted by Crippen LogP contribution is -2.30. The van der Waals surface area contributed by atoms with Crippen LogP contribution in [0.2, 0.25) is 0 Å². The molecule has 3 heteroatoms. The highest BCUT2D eigenvalue weighted by molar-refractivity contribution is 5.40. The molecule has 98 valence electrons. The molecular formula is C15H23N3. The van der Waals surface area contributed by atoms with Gasteiger partial charge < -0.3 is 5.32 Å². The number of fused-ring (bicyclic) bond motifs is 2. The lowest BCUT2D eigenvalue weighted by molar-refractivity contribution is 0.304. The molecule has 0 saturated heterocycles. The minimum Gasteiger partial charge on any atom is -0.366 e. The van der Waals surface area contributed by atoms with E-state index in [1.807, 2.05) is 20.0 Å². The van der Waals surface area contributed by atoms with Crippen LogP contribution < -0.4 is 5.32 Å². The largest absolute Gasteiger partial charge is 0.366 e. The van der Waals surface area contributed by atoms with Crippen molar-refractivity contribution in [2.45, 2.75) is 52.5 Å². The van der Waals surface area contributed by atoms with Crippen LogP contribution in [0.4, 0.5) is 5.82 Å². The lowest BCUT2D eigenvalue weighted by atomic mass is 9.84. The van der Waals surface area contributed by atoms with Crippen LogP contribution in [0.1, 0.15) is 44.0 Å². The molecule has 1 N–H and O–H groups in total. The molecule has 1 heterocycles. The first-order chi connectivity index (χ1) is 8.63. The second-order valence-electron chi connectivity index (χ2n) is 6.22. The molecule has 2 bridgehead atoms. The first-order valence-electron chi connectivity index (χ1n) is 7.20. The van der Waals surface area contributed by atoms with E-state index < -0.39 is 0 Å². The third-order valence-electron chi connectivity index (χ3n) is 4.88. The quantitative estimate of drug-likeness (QED) is 0.887. The Kier molecular flexibility index (Phi) is 3.00. The molecule has 2 fully saturated rings. The first kappa shape index (κ1) is 11.9. The van der Waals surface area contributed by atoms with Gasteiger partial charge in [-0.25, -0.2) is 4.98 Å². The fraction of sp³-hybridized carbons (Fsp3) is 0.733. The zero-order chi connectivity index (χ0) is 12.7. The van der Waals surface area contributed by atoms with Crippen molar-refractivity contribution in [3.05, 3.63) is 17.6 Å². The fourth-order valence-electron chi connectivity index (χ4n) is 3.90. The minimum atomic E-state index is 0.523. The van der Waals surface area contributed by atoms with Gasteiger partial charge in [-0.2, -0.15) is 0 Å². The molecule has 0 spiro atoms. The van der Waals surface area contributed by atoms with Gasteiger partial charge in [0.2, 0.25) is 0 Å². The third kappa shape index (κ3) is 2.11. The van der Waals surface area contributed by atoms with Gasteiger partial charge in [0.05, 0.1) is 11.4 Å². The van der Waals surface area contributed by atoms with Gasteiger partial charge in [-0.05, 0) is 57.8 Å². The smallest absolute Gasteiger partial charge is 0.147 e. The van der Waals surface area contributed by atoms with Gasteiger partial charge in [0, 0.05) is 12.2 Å². The molecule has 0 radical (unpaired) electrons. The Morgan fingerprint density at radius 1 is 1.28 bits per heavy atom. The minimum absolute atomic E-state index is 0.523. The Morgan fingerprint density at radius 3 is 2.78 bits per heavy atom. The van der Waals surface area contributed by atoms with Gasteiger partial charge in [-0.1, -0.05) is 6.42 Å². The van der Waals surface area contributed by atoms with Crippen LogP contribution in [-0.4, -0.2) is 16.0 Å².